The van der Waals surface area contributed by atoms with Crippen LogP contribution in [0.1, 0.15) is 24.6 Å². The first kappa shape index (κ1) is 17.2. The van der Waals surface area contributed by atoms with E-state index in [1.165, 1.54) is 18.2 Å². The van der Waals surface area contributed by atoms with Crippen molar-refractivity contribution in [3.63, 3.8) is 0 Å². The van der Waals surface area contributed by atoms with Gasteiger partial charge in [-0.1, -0.05) is 6.07 Å². The number of alkyl halides is 3. The zero-order chi connectivity index (χ0) is 16.0. The van der Waals surface area contributed by atoms with Gasteiger partial charge in [0.2, 0.25) is 5.88 Å². The van der Waals surface area contributed by atoms with Crippen LogP contribution in [0.5, 0.6) is 5.88 Å². The lowest BCUT2D eigenvalue weighted by atomic mass is 9.96. The van der Waals surface area contributed by atoms with E-state index >= 15 is 0 Å². The van der Waals surface area contributed by atoms with Gasteiger partial charge in [0.05, 0.1) is 17.7 Å². The fourth-order valence-corrected chi connectivity index (χ4v) is 1.74. The Hall–Kier alpha value is -1.87. The summed E-state index contributed by atoms with van der Waals surface area (Å²) in [6.45, 7) is -0.644. The molecule has 0 radical (unpaired) electrons. The third kappa shape index (κ3) is 5.56. The number of aromatic nitrogens is 1. The van der Waals surface area contributed by atoms with Gasteiger partial charge in [0, 0.05) is 12.7 Å². The number of carbonyl (C=O) groups excluding carboxylic acids is 1. The first-order valence-corrected chi connectivity index (χ1v) is 6.04. The highest BCUT2D eigenvalue weighted by molar-refractivity contribution is 5.67. The third-order valence-corrected chi connectivity index (χ3v) is 2.74. The number of carbonyl (C=O) groups is 1. The SMILES string of the molecule is NC(=O)Oc1cccc(C(O)C[C@@H](CCO)C(F)(F)F)n1. The van der Waals surface area contributed by atoms with Crippen molar-refractivity contribution in [3.05, 3.63) is 23.9 Å². The van der Waals surface area contributed by atoms with Crippen molar-refractivity contribution in [3.8, 4) is 5.88 Å². The van der Waals surface area contributed by atoms with Gasteiger partial charge < -0.3 is 20.7 Å². The number of nitrogens with zero attached hydrogens (tertiary/aromatic N) is 1. The van der Waals surface area contributed by atoms with Crippen LogP contribution in [0.3, 0.4) is 0 Å². The molecule has 0 saturated carbocycles. The summed E-state index contributed by atoms with van der Waals surface area (Å²) in [6.07, 6.45) is -8.35. The summed E-state index contributed by atoms with van der Waals surface area (Å²) in [4.78, 5) is 14.3. The maximum absolute atomic E-state index is 12.7. The molecule has 0 aromatic carbocycles. The summed E-state index contributed by atoms with van der Waals surface area (Å²) >= 11 is 0. The molecule has 1 aromatic heterocycles. The third-order valence-electron chi connectivity index (χ3n) is 2.74. The molecule has 2 atom stereocenters. The van der Waals surface area contributed by atoms with Crippen molar-refractivity contribution in [2.75, 3.05) is 6.61 Å². The lowest BCUT2D eigenvalue weighted by Crippen LogP contribution is -2.26. The van der Waals surface area contributed by atoms with Crippen molar-refractivity contribution in [1.29, 1.82) is 0 Å². The molecule has 118 valence electrons. The number of rotatable bonds is 6. The first-order chi connectivity index (χ1) is 9.74. The number of amides is 1. The Kier molecular flexibility index (Phi) is 5.91. The maximum Gasteiger partial charge on any atom is 0.411 e. The standard InChI is InChI=1S/C12H15F3N2O4/c13-12(14,15)7(4-5-18)6-9(19)8-2-1-3-10(17-8)21-11(16)20/h1-3,7,9,18-19H,4-6H2,(H2,16,20)/t7-,9?/m1/s1. The Morgan fingerprint density at radius 1 is 1.43 bits per heavy atom. The molecule has 0 bridgehead atoms. The minimum atomic E-state index is -4.54. The summed E-state index contributed by atoms with van der Waals surface area (Å²) in [5.74, 6) is -2.08. The molecule has 1 rings (SSSR count). The minimum Gasteiger partial charge on any atom is -0.396 e. The number of halogens is 3. The quantitative estimate of drug-likeness (QED) is 0.739. The average Bonchev–Trinajstić information content (AvgIpc) is 2.36. The number of hydrogen-bond donors (Lipinski definition) is 3. The Labute approximate surface area is 118 Å². The van der Waals surface area contributed by atoms with Crippen molar-refractivity contribution in [2.24, 2.45) is 11.7 Å². The highest BCUT2D eigenvalue weighted by Crippen LogP contribution is 2.35. The van der Waals surface area contributed by atoms with Gasteiger partial charge in [-0.05, 0) is 18.9 Å². The van der Waals surface area contributed by atoms with Crippen LogP contribution in [0.2, 0.25) is 0 Å². The van der Waals surface area contributed by atoms with Crippen LogP contribution < -0.4 is 10.5 Å². The number of ether oxygens (including phenoxy) is 1. The molecular formula is C12H15F3N2O4. The molecule has 1 amide bonds. The monoisotopic (exact) mass is 308 g/mol. The van der Waals surface area contributed by atoms with Gasteiger partial charge in [0.15, 0.2) is 0 Å². The Balaban J connectivity index is 2.82. The number of aliphatic hydroxyl groups is 2. The molecule has 6 nitrogen and oxygen atoms in total. The average molecular weight is 308 g/mol. The maximum atomic E-state index is 12.7. The Bertz CT molecular complexity index is 482. The number of hydrogen-bond acceptors (Lipinski definition) is 5. The van der Waals surface area contributed by atoms with Crippen LogP contribution >= 0.6 is 0 Å². The number of pyridine rings is 1. The largest absolute Gasteiger partial charge is 0.411 e. The smallest absolute Gasteiger partial charge is 0.396 e. The van der Waals surface area contributed by atoms with Crippen molar-refractivity contribution < 1.29 is 32.9 Å². The minimum absolute atomic E-state index is 0.0825. The predicted octanol–water partition coefficient (Wildman–Crippen LogP) is 1.52. The van der Waals surface area contributed by atoms with Crippen molar-refractivity contribution in [1.82, 2.24) is 4.98 Å². The number of nitrogens with two attached hydrogens (primary N) is 1. The molecule has 1 heterocycles. The van der Waals surface area contributed by atoms with Crippen LogP contribution in [0.15, 0.2) is 18.2 Å². The van der Waals surface area contributed by atoms with E-state index in [1.807, 2.05) is 0 Å². The zero-order valence-electron chi connectivity index (χ0n) is 10.9. The highest BCUT2D eigenvalue weighted by atomic mass is 19.4. The summed E-state index contributed by atoms with van der Waals surface area (Å²) in [7, 11) is 0. The van der Waals surface area contributed by atoms with Crippen LogP contribution in [0, 0.1) is 5.92 Å². The molecule has 9 heteroatoms. The van der Waals surface area contributed by atoms with Crippen LogP contribution in [0.4, 0.5) is 18.0 Å². The molecule has 0 saturated heterocycles. The topological polar surface area (TPSA) is 106 Å². The fourth-order valence-electron chi connectivity index (χ4n) is 1.74. The van der Waals surface area contributed by atoms with Gasteiger partial charge in [0.1, 0.15) is 0 Å². The molecule has 0 spiro atoms. The molecule has 21 heavy (non-hydrogen) atoms. The molecular weight excluding hydrogens is 293 g/mol. The zero-order valence-corrected chi connectivity index (χ0v) is 10.9. The second-order valence-corrected chi connectivity index (χ2v) is 4.32. The highest BCUT2D eigenvalue weighted by Gasteiger charge is 2.40. The van der Waals surface area contributed by atoms with Gasteiger partial charge in [-0.3, -0.25) is 0 Å². The van der Waals surface area contributed by atoms with Gasteiger partial charge in [0.25, 0.3) is 0 Å². The van der Waals surface area contributed by atoms with E-state index in [1.54, 1.807) is 0 Å². The molecule has 4 N–H and O–H groups in total. The molecule has 0 fully saturated rings. The van der Waals surface area contributed by atoms with Gasteiger partial charge in [-0.25, -0.2) is 9.78 Å². The lowest BCUT2D eigenvalue weighted by molar-refractivity contribution is -0.186. The van der Waals surface area contributed by atoms with Crippen LogP contribution in [0.25, 0.3) is 0 Å². The second kappa shape index (κ2) is 7.23. The van der Waals surface area contributed by atoms with E-state index in [2.05, 4.69) is 9.72 Å². The lowest BCUT2D eigenvalue weighted by Gasteiger charge is -2.22. The predicted molar refractivity (Wildman–Crippen MR) is 65.3 cm³/mol. The van der Waals surface area contributed by atoms with E-state index in [0.29, 0.717) is 0 Å². The van der Waals surface area contributed by atoms with Gasteiger partial charge in [-0.15, -0.1) is 0 Å². The molecule has 0 aliphatic heterocycles. The molecule has 0 aliphatic rings. The molecule has 1 unspecified atom stereocenters. The molecule has 0 aliphatic carbocycles. The van der Waals surface area contributed by atoms with Crippen LogP contribution in [-0.4, -0.2) is 34.1 Å². The van der Waals surface area contributed by atoms with Crippen LogP contribution in [-0.2, 0) is 0 Å². The van der Waals surface area contributed by atoms with E-state index in [9.17, 15) is 23.1 Å². The summed E-state index contributed by atoms with van der Waals surface area (Å²) < 4.78 is 42.6. The van der Waals surface area contributed by atoms with E-state index in [0.717, 1.165) is 0 Å². The normalized spacial score (nSPS) is 14.5. The second-order valence-electron chi connectivity index (χ2n) is 4.32. The summed E-state index contributed by atoms with van der Waals surface area (Å²) in [5, 5.41) is 18.5. The van der Waals surface area contributed by atoms with Crippen molar-refractivity contribution in [2.45, 2.75) is 25.1 Å². The van der Waals surface area contributed by atoms with Gasteiger partial charge >= 0.3 is 12.3 Å². The molecule has 1 aromatic rings. The summed E-state index contributed by atoms with van der Waals surface area (Å²) in [5.41, 5.74) is 4.71. The van der Waals surface area contributed by atoms with E-state index < -0.39 is 43.7 Å². The number of primary amides is 1. The fraction of sp³-hybridized carbons (Fsp3) is 0.500. The van der Waals surface area contributed by atoms with Crippen molar-refractivity contribution >= 4 is 6.09 Å². The summed E-state index contributed by atoms with van der Waals surface area (Å²) in [6, 6.07) is 3.93. The van der Waals surface area contributed by atoms with E-state index in [4.69, 9.17) is 10.8 Å². The Morgan fingerprint density at radius 3 is 2.62 bits per heavy atom. The van der Waals surface area contributed by atoms with Gasteiger partial charge in [-0.2, -0.15) is 13.2 Å². The number of aliphatic hydroxyl groups excluding tert-OH is 2. The Morgan fingerprint density at radius 2 is 2.10 bits per heavy atom. The first-order valence-electron chi connectivity index (χ1n) is 6.04. The van der Waals surface area contributed by atoms with E-state index in [-0.39, 0.29) is 11.6 Å².